The molecule has 1 aliphatic rings. The van der Waals surface area contributed by atoms with Crippen molar-refractivity contribution in [2.45, 2.75) is 19.6 Å². The number of rotatable bonds is 6. The van der Waals surface area contributed by atoms with Crippen LogP contribution in [-0.2, 0) is 16.2 Å². The summed E-state index contributed by atoms with van der Waals surface area (Å²) in [6, 6.07) is 20.8. The third kappa shape index (κ3) is 4.63. The number of hydrogen-bond acceptors (Lipinski definition) is 6. The van der Waals surface area contributed by atoms with E-state index < -0.39 is 17.7 Å². The first-order valence-electron chi connectivity index (χ1n) is 11.2. The molecule has 36 heavy (non-hydrogen) atoms. The van der Waals surface area contributed by atoms with Gasteiger partial charge in [-0.1, -0.05) is 53.6 Å². The predicted molar refractivity (Wildman–Crippen MR) is 140 cm³/mol. The molecule has 4 aromatic rings. The second-order valence-corrected chi connectivity index (χ2v) is 9.65. The van der Waals surface area contributed by atoms with Gasteiger partial charge in [0.15, 0.2) is 5.13 Å². The molecule has 0 radical (unpaired) electrons. The highest BCUT2D eigenvalue weighted by Gasteiger charge is 2.48. The molecule has 1 atom stereocenters. The lowest BCUT2D eigenvalue weighted by Crippen LogP contribution is -2.29. The number of benzene rings is 3. The summed E-state index contributed by atoms with van der Waals surface area (Å²) in [6.45, 7) is 2.43. The third-order valence-corrected chi connectivity index (χ3v) is 6.86. The number of aliphatic hydroxyl groups excluding tert-OH is 1. The molecule has 8 heteroatoms. The number of carbonyl (C=O) groups is 2. The smallest absolute Gasteiger partial charge is 0.301 e. The van der Waals surface area contributed by atoms with Crippen molar-refractivity contribution in [2.75, 3.05) is 4.90 Å². The molecule has 1 N–H and O–H groups in total. The Morgan fingerprint density at radius 1 is 1.08 bits per heavy atom. The number of aromatic nitrogens is 1. The van der Waals surface area contributed by atoms with E-state index in [0.717, 1.165) is 11.1 Å². The van der Waals surface area contributed by atoms with Gasteiger partial charge in [-0.3, -0.25) is 14.5 Å². The number of ketones is 1. The summed E-state index contributed by atoms with van der Waals surface area (Å²) in [6.07, 6.45) is 1.56. The molecular formula is C28H21ClN2O4S. The van der Waals surface area contributed by atoms with Crippen LogP contribution in [0.3, 0.4) is 0 Å². The Bertz CT molecular complexity index is 1470. The quantitative estimate of drug-likeness (QED) is 0.184. The van der Waals surface area contributed by atoms with Crippen LogP contribution in [0.1, 0.15) is 28.3 Å². The lowest BCUT2D eigenvalue weighted by Gasteiger charge is -2.23. The average molecular weight is 517 g/mol. The molecule has 1 aliphatic heterocycles. The number of Topliss-reactive ketones (excluding diaryl/α,β-unsaturated/α-hetero) is 1. The maximum Gasteiger partial charge on any atom is 0.301 e. The van der Waals surface area contributed by atoms with Gasteiger partial charge in [0.05, 0.1) is 11.6 Å². The van der Waals surface area contributed by atoms with Gasteiger partial charge in [0, 0.05) is 22.2 Å². The zero-order chi connectivity index (χ0) is 25.2. The van der Waals surface area contributed by atoms with Gasteiger partial charge >= 0.3 is 5.91 Å². The molecule has 6 nitrogen and oxygen atoms in total. The topological polar surface area (TPSA) is 79.7 Å². The number of aryl methyl sites for hydroxylation is 1. The molecule has 3 aromatic carbocycles. The molecule has 0 aliphatic carbocycles. The average Bonchev–Trinajstić information content (AvgIpc) is 3.49. The maximum absolute atomic E-state index is 13.2. The van der Waals surface area contributed by atoms with Crippen LogP contribution in [0.15, 0.2) is 89.9 Å². The Kier molecular flexibility index (Phi) is 6.59. The SMILES string of the molecule is Cc1cccc(COc2ccc(C(O)=C3C(=O)C(=O)N(c4nccs4)C3c3cccc(Cl)c3)cc2)c1. The Balaban J connectivity index is 1.49. The van der Waals surface area contributed by atoms with Crippen LogP contribution in [0.25, 0.3) is 5.76 Å². The van der Waals surface area contributed by atoms with Crippen molar-refractivity contribution in [1.29, 1.82) is 0 Å². The van der Waals surface area contributed by atoms with Gasteiger partial charge < -0.3 is 9.84 Å². The molecular weight excluding hydrogens is 496 g/mol. The van der Waals surface area contributed by atoms with Crippen LogP contribution in [0, 0.1) is 6.92 Å². The molecule has 1 saturated heterocycles. The Hall–Kier alpha value is -3.94. The number of carbonyl (C=O) groups excluding carboxylic acids is 2. The molecule has 1 unspecified atom stereocenters. The number of amides is 1. The highest BCUT2D eigenvalue weighted by atomic mass is 35.5. The van der Waals surface area contributed by atoms with E-state index >= 15 is 0 Å². The Morgan fingerprint density at radius 3 is 2.56 bits per heavy atom. The minimum absolute atomic E-state index is 0.0223. The standard InChI is InChI=1S/C28H21ClN2O4S/c1-17-4-2-5-18(14-17)16-35-22-10-8-19(9-11-22)25(32)23-24(20-6-3-7-21(29)15-20)31(27(34)26(23)33)28-30-12-13-36-28/h2-15,24,32H,16H2,1H3. The Morgan fingerprint density at radius 2 is 1.86 bits per heavy atom. The van der Waals surface area contributed by atoms with Gasteiger partial charge in [0.1, 0.15) is 18.1 Å². The minimum atomic E-state index is -0.868. The van der Waals surface area contributed by atoms with Gasteiger partial charge in [-0.25, -0.2) is 4.98 Å². The summed E-state index contributed by atoms with van der Waals surface area (Å²) < 4.78 is 5.87. The van der Waals surface area contributed by atoms with E-state index in [1.54, 1.807) is 60.1 Å². The zero-order valence-electron chi connectivity index (χ0n) is 19.2. The van der Waals surface area contributed by atoms with E-state index in [4.69, 9.17) is 16.3 Å². The molecule has 0 spiro atoms. The highest BCUT2D eigenvalue weighted by Crippen LogP contribution is 2.43. The van der Waals surface area contributed by atoms with E-state index in [0.29, 0.717) is 33.6 Å². The molecule has 2 heterocycles. The maximum atomic E-state index is 13.2. The number of aliphatic hydroxyl groups is 1. The monoisotopic (exact) mass is 516 g/mol. The number of halogens is 1. The van der Waals surface area contributed by atoms with Gasteiger partial charge in [-0.05, 0) is 54.4 Å². The summed E-state index contributed by atoms with van der Waals surface area (Å²) in [5, 5.41) is 13.8. The second-order valence-electron chi connectivity index (χ2n) is 8.34. The van der Waals surface area contributed by atoms with E-state index in [-0.39, 0.29) is 11.3 Å². The summed E-state index contributed by atoms with van der Waals surface area (Å²) in [5.74, 6) is -1.20. The second kappa shape index (κ2) is 9.97. The van der Waals surface area contributed by atoms with Crippen LogP contribution >= 0.6 is 22.9 Å². The number of nitrogens with zero attached hydrogens (tertiary/aromatic N) is 2. The lowest BCUT2D eigenvalue weighted by molar-refractivity contribution is -0.132. The zero-order valence-corrected chi connectivity index (χ0v) is 20.8. The molecule has 5 rings (SSSR count). The number of anilines is 1. The van der Waals surface area contributed by atoms with Crippen molar-refractivity contribution in [2.24, 2.45) is 0 Å². The predicted octanol–water partition coefficient (Wildman–Crippen LogP) is 6.31. The Labute approximate surface area is 217 Å². The van der Waals surface area contributed by atoms with Crippen LogP contribution in [0.4, 0.5) is 5.13 Å². The van der Waals surface area contributed by atoms with Crippen LogP contribution < -0.4 is 9.64 Å². The summed E-state index contributed by atoms with van der Waals surface area (Å²) in [5.41, 5.74) is 3.16. The number of ether oxygens (including phenoxy) is 1. The van der Waals surface area contributed by atoms with Crippen LogP contribution in [0.5, 0.6) is 5.75 Å². The van der Waals surface area contributed by atoms with Crippen molar-refractivity contribution in [1.82, 2.24) is 4.98 Å². The van der Waals surface area contributed by atoms with Crippen molar-refractivity contribution in [3.63, 3.8) is 0 Å². The summed E-state index contributed by atoms with van der Waals surface area (Å²) in [7, 11) is 0. The number of thiazole rings is 1. The molecule has 0 saturated carbocycles. The van der Waals surface area contributed by atoms with Gasteiger partial charge in [0.25, 0.3) is 5.78 Å². The normalized spacial score (nSPS) is 16.9. The first-order chi connectivity index (χ1) is 17.4. The summed E-state index contributed by atoms with van der Waals surface area (Å²) in [4.78, 5) is 31.8. The first kappa shape index (κ1) is 23.8. The summed E-state index contributed by atoms with van der Waals surface area (Å²) >= 11 is 7.45. The molecule has 180 valence electrons. The van der Waals surface area contributed by atoms with E-state index in [1.165, 1.54) is 16.2 Å². The molecule has 1 amide bonds. The van der Waals surface area contributed by atoms with Crippen molar-refractivity contribution in [3.8, 4) is 5.75 Å². The molecule has 1 fully saturated rings. The lowest BCUT2D eigenvalue weighted by atomic mass is 9.95. The van der Waals surface area contributed by atoms with E-state index in [9.17, 15) is 14.7 Å². The largest absolute Gasteiger partial charge is 0.507 e. The third-order valence-electron chi connectivity index (χ3n) is 5.85. The van der Waals surface area contributed by atoms with Gasteiger partial charge in [0.2, 0.25) is 0 Å². The first-order valence-corrected chi connectivity index (χ1v) is 12.4. The van der Waals surface area contributed by atoms with Gasteiger partial charge in [-0.2, -0.15) is 0 Å². The number of hydrogen-bond donors (Lipinski definition) is 1. The highest BCUT2D eigenvalue weighted by molar-refractivity contribution is 7.14. The fourth-order valence-electron chi connectivity index (χ4n) is 4.19. The van der Waals surface area contributed by atoms with Crippen molar-refractivity contribution < 1.29 is 19.4 Å². The van der Waals surface area contributed by atoms with Crippen molar-refractivity contribution >= 4 is 45.5 Å². The molecule has 0 bridgehead atoms. The fraction of sp³-hybridized carbons (Fsp3) is 0.107. The van der Waals surface area contributed by atoms with E-state index in [2.05, 4.69) is 11.1 Å². The fourth-order valence-corrected chi connectivity index (χ4v) is 5.06. The van der Waals surface area contributed by atoms with E-state index in [1.807, 2.05) is 25.1 Å². The van der Waals surface area contributed by atoms with Crippen LogP contribution in [0.2, 0.25) is 5.02 Å². The van der Waals surface area contributed by atoms with Crippen molar-refractivity contribution in [3.05, 3.63) is 117 Å². The van der Waals surface area contributed by atoms with Crippen LogP contribution in [-0.4, -0.2) is 21.8 Å². The minimum Gasteiger partial charge on any atom is -0.507 e. The molecule has 1 aromatic heterocycles. The van der Waals surface area contributed by atoms with Gasteiger partial charge in [-0.15, -0.1) is 11.3 Å².